The Morgan fingerprint density at radius 1 is 0.412 bits per heavy atom. The number of benzene rings is 6. The number of carbonyl (C=O) groups excluding carboxylic acids is 2. The highest BCUT2D eigenvalue weighted by atomic mass is 16.1. The number of carbonyl (C=O) groups is 2. The van der Waals surface area contributed by atoms with Gasteiger partial charge in [-0.2, -0.15) is 0 Å². The molecule has 2 aromatic heterocycles. The molecule has 0 radical (unpaired) electrons. The SMILES string of the molecule is CCC(=O)c1ccc(-c2nc3cc(-c4ccc5nc(-c6ccccc6)c(-c6ccc(C(C)=O)cc6)nc5c4)ccc3nc2-c2ccccc2)cc1. The van der Waals surface area contributed by atoms with Crippen LogP contribution in [0, 0.1) is 0 Å². The van der Waals surface area contributed by atoms with Gasteiger partial charge in [0, 0.05) is 39.8 Å². The molecule has 0 N–H and O–H groups in total. The third-order valence-electron chi connectivity index (χ3n) is 9.12. The van der Waals surface area contributed by atoms with Gasteiger partial charge in [0.1, 0.15) is 0 Å². The summed E-state index contributed by atoms with van der Waals surface area (Å²) < 4.78 is 0. The van der Waals surface area contributed by atoms with Crippen molar-refractivity contribution in [1.29, 1.82) is 0 Å². The van der Waals surface area contributed by atoms with Crippen LogP contribution >= 0.6 is 0 Å². The Kier molecular flexibility index (Phi) is 8.26. The summed E-state index contributed by atoms with van der Waals surface area (Å²) in [5.41, 5.74) is 13.1. The fourth-order valence-corrected chi connectivity index (χ4v) is 6.35. The van der Waals surface area contributed by atoms with Gasteiger partial charge in [-0.25, -0.2) is 19.9 Å². The Balaban J connectivity index is 1.25. The summed E-state index contributed by atoms with van der Waals surface area (Å²) in [6.45, 7) is 3.44. The maximum atomic E-state index is 12.3. The van der Waals surface area contributed by atoms with Crippen LogP contribution in [0.5, 0.6) is 0 Å². The van der Waals surface area contributed by atoms with E-state index in [1.807, 2.05) is 128 Å². The average molecular weight is 661 g/mol. The minimum atomic E-state index is 0.0175. The minimum Gasteiger partial charge on any atom is -0.295 e. The fourth-order valence-electron chi connectivity index (χ4n) is 6.35. The minimum absolute atomic E-state index is 0.0175. The first-order chi connectivity index (χ1) is 24.9. The second-order valence-electron chi connectivity index (χ2n) is 12.5. The van der Waals surface area contributed by atoms with Crippen LogP contribution in [-0.2, 0) is 0 Å². The molecule has 0 aliphatic heterocycles. The van der Waals surface area contributed by atoms with Crippen LogP contribution in [0.3, 0.4) is 0 Å². The van der Waals surface area contributed by atoms with Crippen molar-refractivity contribution < 1.29 is 9.59 Å². The first kappa shape index (κ1) is 31.6. The molecule has 6 nitrogen and oxygen atoms in total. The van der Waals surface area contributed by atoms with E-state index in [9.17, 15) is 9.59 Å². The second kappa shape index (κ2) is 13.3. The summed E-state index contributed by atoms with van der Waals surface area (Å²) >= 11 is 0. The van der Waals surface area contributed by atoms with Gasteiger partial charge in [0.15, 0.2) is 11.6 Å². The van der Waals surface area contributed by atoms with Gasteiger partial charge in [0.25, 0.3) is 0 Å². The molecule has 0 spiro atoms. The maximum absolute atomic E-state index is 12.3. The van der Waals surface area contributed by atoms with Crippen molar-refractivity contribution in [3.63, 3.8) is 0 Å². The molecule has 0 atom stereocenters. The maximum Gasteiger partial charge on any atom is 0.162 e. The Morgan fingerprint density at radius 3 is 1.16 bits per heavy atom. The lowest BCUT2D eigenvalue weighted by Gasteiger charge is -2.13. The smallest absolute Gasteiger partial charge is 0.162 e. The van der Waals surface area contributed by atoms with Gasteiger partial charge < -0.3 is 0 Å². The highest BCUT2D eigenvalue weighted by Crippen LogP contribution is 2.35. The molecule has 0 saturated heterocycles. The molecular weight excluding hydrogens is 629 g/mol. The molecule has 8 aromatic rings. The third-order valence-corrected chi connectivity index (χ3v) is 9.12. The highest BCUT2D eigenvalue weighted by molar-refractivity contribution is 5.97. The molecule has 6 heteroatoms. The Bertz CT molecular complexity index is 2580. The standard InChI is InChI=1S/C45H32N4O2/c1-3-41(51)30-16-20-34(21-17-30)45-43(32-12-8-5-9-13-32)47-38-25-23-36(27-40(38)49-45)35-22-24-37-39(26-35)48-44(33-18-14-29(15-19-33)28(2)50)42(46-37)31-10-6-4-7-11-31/h4-27H,3H2,1-2H3. The summed E-state index contributed by atoms with van der Waals surface area (Å²) in [5, 5.41) is 0. The van der Waals surface area contributed by atoms with Crippen LogP contribution in [0.25, 0.3) is 78.2 Å². The molecule has 0 unspecified atom stereocenters. The van der Waals surface area contributed by atoms with Crippen LogP contribution in [-0.4, -0.2) is 31.5 Å². The summed E-state index contributed by atoms with van der Waals surface area (Å²) in [7, 11) is 0. The molecule has 8 rings (SSSR count). The lowest BCUT2D eigenvalue weighted by molar-refractivity contribution is 0.0986. The Morgan fingerprint density at radius 2 is 0.765 bits per heavy atom. The van der Waals surface area contributed by atoms with Crippen molar-refractivity contribution >= 4 is 33.6 Å². The lowest BCUT2D eigenvalue weighted by Crippen LogP contribution is -1.98. The number of ketones is 2. The molecule has 0 bridgehead atoms. The van der Waals surface area contributed by atoms with Gasteiger partial charge >= 0.3 is 0 Å². The van der Waals surface area contributed by atoms with Crippen LogP contribution < -0.4 is 0 Å². The number of Topliss-reactive ketones (excluding diaryl/α,β-unsaturated/α-hetero) is 2. The highest BCUT2D eigenvalue weighted by Gasteiger charge is 2.17. The number of rotatable bonds is 8. The van der Waals surface area contributed by atoms with Crippen LogP contribution in [0.4, 0.5) is 0 Å². The zero-order chi connectivity index (χ0) is 34.9. The Labute approximate surface area is 295 Å². The molecule has 0 saturated carbocycles. The zero-order valence-corrected chi connectivity index (χ0v) is 28.2. The van der Waals surface area contributed by atoms with Crippen LogP contribution in [0.15, 0.2) is 146 Å². The summed E-state index contributed by atoms with van der Waals surface area (Å²) in [5.74, 6) is 0.123. The van der Waals surface area contributed by atoms with Gasteiger partial charge in [-0.15, -0.1) is 0 Å². The molecule has 51 heavy (non-hydrogen) atoms. The van der Waals surface area contributed by atoms with Crippen molar-refractivity contribution in [2.24, 2.45) is 0 Å². The van der Waals surface area contributed by atoms with Crippen LogP contribution in [0.1, 0.15) is 41.0 Å². The number of hydrogen-bond donors (Lipinski definition) is 0. The van der Waals surface area contributed by atoms with Crippen molar-refractivity contribution in [1.82, 2.24) is 19.9 Å². The van der Waals surface area contributed by atoms with Crippen molar-refractivity contribution in [2.75, 3.05) is 0 Å². The molecular formula is C45H32N4O2. The zero-order valence-electron chi connectivity index (χ0n) is 28.2. The first-order valence-electron chi connectivity index (χ1n) is 16.9. The van der Waals surface area contributed by atoms with Crippen molar-refractivity contribution in [3.05, 3.63) is 157 Å². The number of aromatic nitrogens is 4. The second-order valence-corrected chi connectivity index (χ2v) is 12.5. The molecule has 0 aliphatic carbocycles. The van der Waals surface area contributed by atoms with E-state index in [1.165, 1.54) is 0 Å². The van der Waals surface area contributed by atoms with E-state index in [0.29, 0.717) is 17.5 Å². The molecule has 6 aromatic carbocycles. The first-order valence-corrected chi connectivity index (χ1v) is 16.9. The van der Waals surface area contributed by atoms with E-state index in [2.05, 4.69) is 24.3 Å². The van der Waals surface area contributed by atoms with Crippen molar-refractivity contribution in [2.45, 2.75) is 20.3 Å². The average Bonchev–Trinajstić information content (AvgIpc) is 3.20. The predicted octanol–water partition coefficient (Wildman–Crippen LogP) is 10.7. The van der Waals surface area contributed by atoms with E-state index < -0.39 is 0 Å². The summed E-state index contributed by atoms with van der Waals surface area (Å²) in [6, 6.07) is 47.5. The quantitative estimate of drug-likeness (QED) is 0.151. The normalized spacial score (nSPS) is 11.2. The number of nitrogens with zero attached hydrogens (tertiary/aromatic N) is 4. The van der Waals surface area contributed by atoms with E-state index in [4.69, 9.17) is 19.9 Å². The van der Waals surface area contributed by atoms with Crippen LogP contribution in [0.2, 0.25) is 0 Å². The molecule has 244 valence electrons. The summed E-state index contributed by atoms with van der Waals surface area (Å²) in [4.78, 5) is 44.9. The summed E-state index contributed by atoms with van der Waals surface area (Å²) in [6.07, 6.45) is 0.456. The largest absolute Gasteiger partial charge is 0.295 e. The third kappa shape index (κ3) is 6.20. The van der Waals surface area contributed by atoms with Gasteiger partial charge in [-0.05, 0) is 42.3 Å². The number of hydrogen-bond acceptors (Lipinski definition) is 6. The van der Waals surface area contributed by atoms with Crippen molar-refractivity contribution in [3.8, 4) is 56.2 Å². The van der Waals surface area contributed by atoms with E-state index in [-0.39, 0.29) is 11.6 Å². The molecule has 0 fully saturated rings. The van der Waals surface area contributed by atoms with E-state index in [1.54, 1.807) is 6.92 Å². The topological polar surface area (TPSA) is 85.7 Å². The molecule has 0 amide bonds. The predicted molar refractivity (Wildman–Crippen MR) is 204 cm³/mol. The van der Waals surface area contributed by atoms with E-state index >= 15 is 0 Å². The van der Waals surface area contributed by atoms with E-state index in [0.717, 1.165) is 78.2 Å². The monoisotopic (exact) mass is 660 g/mol. The number of fused-ring (bicyclic) bond motifs is 2. The van der Waals surface area contributed by atoms with Gasteiger partial charge in [0.2, 0.25) is 0 Å². The van der Waals surface area contributed by atoms with Gasteiger partial charge in [0.05, 0.1) is 44.8 Å². The van der Waals surface area contributed by atoms with Gasteiger partial charge in [-0.3, -0.25) is 9.59 Å². The fraction of sp³-hybridized carbons (Fsp3) is 0.0667. The molecule has 2 heterocycles. The molecule has 0 aliphatic rings. The Hall–Kier alpha value is -6.66. The lowest BCUT2D eigenvalue weighted by atomic mass is 9.99. The van der Waals surface area contributed by atoms with Gasteiger partial charge in [-0.1, -0.05) is 128 Å².